The summed E-state index contributed by atoms with van der Waals surface area (Å²) in [5.41, 5.74) is 0.463. The Bertz CT molecular complexity index is 394. The summed E-state index contributed by atoms with van der Waals surface area (Å²) in [5.74, 6) is 0.117. The van der Waals surface area contributed by atoms with Crippen molar-refractivity contribution in [2.24, 2.45) is 0 Å². The number of hydrogen-bond donors (Lipinski definition) is 1. The van der Waals surface area contributed by atoms with Gasteiger partial charge in [-0.15, -0.1) is 0 Å². The third-order valence-corrected chi connectivity index (χ3v) is 4.20. The Hall–Kier alpha value is -1.06. The van der Waals surface area contributed by atoms with E-state index in [0.29, 0.717) is 0 Å². The van der Waals surface area contributed by atoms with E-state index in [1.165, 1.54) is 6.42 Å². The summed E-state index contributed by atoms with van der Waals surface area (Å²) in [4.78, 5) is 2.11. The van der Waals surface area contributed by atoms with E-state index in [-0.39, 0.29) is 11.7 Å². The van der Waals surface area contributed by atoms with E-state index in [0.717, 1.165) is 37.8 Å². The SMILES string of the molecule is CN(C)CC(c1ccc([O])cc1)C1(O)CCCCC1. The molecule has 19 heavy (non-hydrogen) atoms. The zero-order valence-electron chi connectivity index (χ0n) is 11.9. The monoisotopic (exact) mass is 262 g/mol. The molecule has 1 atom stereocenters. The minimum atomic E-state index is -0.618. The second kappa shape index (κ2) is 5.93. The first-order valence-corrected chi connectivity index (χ1v) is 7.15. The van der Waals surface area contributed by atoms with Crippen LogP contribution in [0.1, 0.15) is 43.6 Å². The van der Waals surface area contributed by atoms with Crippen LogP contribution in [0.25, 0.3) is 0 Å². The molecule has 1 saturated carbocycles. The first-order valence-electron chi connectivity index (χ1n) is 7.15. The van der Waals surface area contributed by atoms with E-state index in [1.807, 2.05) is 26.2 Å². The van der Waals surface area contributed by atoms with Crippen molar-refractivity contribution in [3.8, 4) is 5.75 Å². The summed E-state index contributed by atoms with van der Waals surface area (Å²) in [6.45, 7) is 0.814. The van der Waals surface area contributed by atoms with Crippen molar-refractivity contribution < 1.29 is 10.2 Å². The Morgan fingerprint density at radius 3 is 2.26 bits per heavy atom. The molecule has 3 nitrogen and oxygen atoms in total. The van der Waals surface area contributed by atoms with Gasteiger partial charge in [0.15, 0.2) is 5.75 Å². The summed E-state index contributed by atoms with van der Waals surface area (Å²) >= 11 is 0. The molecule has 0 saturated heterocycles. The molecule has 0 spiro atoms. The summed E-state index contributed by atoms with van der Waals surface area (Å²) < 4.78 is 0. The van der Waals surface area contributed by atoms with E-state index < -0.39 is 5.60 Å². The molecule has 0 bridgehead atoms. The van der Waals surface area contributed by atoms with Crippen molar-refractivity contribution in [1.82, 2.24) is 4.90 Å². The fourth-order valence-corrected chi connectivity index (χ4v) is 3.16. The molecule has 1 aliphatic rings. The normalized spacial score (nSPS) is 20.4. The lowest BCUT2D eigenvalue weighted by Crippen LogP contribution is -2.42. The van der Waals surface area contributed by atoms with Crippen LogP contribution in [0.5, 0.6) is 5.75 Å². The molecule has 1 aliphatic carbocycles. The molecule has 1 unspecified atom stereocenters. The molecule has 1 aromatic carbocycles. The zero-order valence-corrected chi connectivity index (χ0v) is 11.9. The predicted octanol–water partition coefficient (Wildman–Crippen LogP) is 3.17. The Morgan fingerprint density at radius 1 is 1.16 bits per heavy atom. The van der Waals surface area contributed by atoms with Gasteiger partial charge in [0.25, 0.3) is 0 Å². The second-order valence-electron chi connectivity index (χ2n) is 6.05. The Kier molecular flexibility index (Phi) is 4.48. The van der Waals surface area contributed by atoms with Gasteiger partial charge in [0.2, 0.25) is 0 Å². The van der Waals surface area contributed by atoms with E-state index in [2.05, 4.69) is 4.90 Å². The average molecular weight is 262 g/mol. The number of benzene rings is 1. The van der Waals surface area contributed by atoms with Gasteiger partial charge >= 0.3 is 0 Å². The van der Waals surface area contributed by atoms with Crippen LogP contribution in [0.15, 0.2) is 24.3 Å². The van der Waals surface area contributed by atoms with Gasteiger partial charge in [-0.1, -0.05) is 31.4 Å². The maximum atomic E-state index is 11.2. The van der Waals surface area contributed by atoms with Gasteiger partial charge in [-0.2, -0.15) is 0 Å². The van der Waals surface area contributed by atoms with Gasteiger partial charge in [0.05, 0.1) is 5.60 Å². The second-order valence-corrected chi connectivity index (χ2v) is 6.05. The molecule has 1 N–H and O–H groups in total. The number of rotatable bonds is 4. The Labute approximate surface area is 115 Å². The molecule has 105 valence electrons. The van der Waals surface area contributed by atoms with Crippen molar-refractivity contribution in [2.75, 3.05) is 20.6 Å². The van der Waals surface area contributed by atoms with Crippen molar-refractivity contribution in [3.05, 3.63) is 29.8 Å². The third kappa shape index (κ3) is 3.48. The van der Waals surface area contributed by atoms with Gasteiger partial charge < -0.3 is 10.0 Å². The molecule has 0 aromatic heterocycles. The van der Waals surface area contributed by atoms with E-state index in [9.17, 15) is 10.2 Å². The third-order valence-electron chi connectivity index (χ3n) is 4.20. The number of likely N-dealkylation sites (N-methyl/N-ethyl adjacent to an activating group) is 1. The summed E-state index contributed by atoms with van der Waals surface area (Å²) in [6.07, 6.45) is 5.14. The quantitative estimate of drug-likeness (QED) is 0.905. The summed E-state index contributed by atoms with van der Waals surface area (Å²) in [6, 6.07) is 6.96. The minimum absolute atomic E-state index is 0.0305. The summed E-state index contributed by atoms with van der Waals surface area (Å²) in [5, 5.41) is 22.2. The smallest absolute Gasteiger partial charge is 0.178 e. The average Bonchev–Trinajstić information content (AvgIpc) is 2.38. The van der Waals surface area contributed by atoms with Crippen molar-refractivity contribution in [1.29, 1.82) is 0 Å². The van der Waals surface area contributed by atoms with Crippen LogP contribution in [-0.4, -0.2) is 36.2 Å². The molecule has 1 aromatic rings. The largest absolute Gasteiger partial charge is 0.389 e. The maximum Gasteiger partial charge on any atom is 0.178 e. The Balaban J connectivity index is 2.26. The highest BCUT2D eigenvalue weighted by Gasteiger charge is 2.38. The number of nitrogens with zero attached hydrogens (tertiary/aromatic N) is 1. The van der Waals surface area contributed by atoms with Gasteiger partial charge in [-0.3, -0.25) is 5.11 Å². The standard InChI is InChI=1S/C16H24NO2/c1-17(2)12-15(13-6-8-14(18)9-7-13)16(19)10-4-3-5-11-16/h6-9,15,19H,3-5,10-12H2,1-2H3. The van der Waals surface area contributed by atoms with Gasteiger partial charge in [0, 0.05) is 12.5 Å². The maximum absolute atomic E-state index is 11.2. The van der Waals surface area contributed by atoms with Gasteiger partial charge in [-0.05, 0) is 44.6 Å². The van der Waals surface area contributed by atoms with Crippen LogP contribution in [0.2, 0.25) is 0 Å². The minimum Gasteiger partial charge on any atom is -0.389 e. The lowest BCUT2D eigenvalue weighted by atomic mass is 9.72. The van der Waals surface area contributed by atoms with Crippen LogP contribution in [0.4, 0.5) is 0 Å². The molecule has 0 amide bonds. The molecule has 0 heterocycles. The van der Waals surface area contributed by atoms with E-state index >= 15 is 0 Å². The van der Waals surface area contributed by atoms with Crippen LogP contribution in [0.3, 0.4) is 0 Å². The predicted molar refractivity (Wildman–Crippen MR) is 75.9 cm³/mol. The highest BCUT2D eigenvalue weighted by atomic mass is 16.3. The van der Waals surface area contributed by atoms with Crippen LogP contribution >= 0.6 is 0 Å². The highest BCUT2D eigenvalue weighted by molar-refractivity contribution is 5.30. The van der Waals surface area contributed by atoms with Crippen molar-refractivity contribution in [3.63, 3.8) is 0 Å². The molecular weight excluding hydrogens is 238 g/mol. The van der Waals surface area contributed by atoms with Gasteiger partial charge in [-0.25, -0.2) is 0 Å². The van der Waals surface area contributed by atoms with Crippen LogP contribution in [0, 0.1) is 0 Å². The van der Waals surface area contributed by atoms with Crippen molar-refractivity contribution in [2.45, 2.75) is 43.6 Å². The Morgan fingerprint density at radius 2 is 1.74 bits per heavy atom. The number of hydrogen-bond acceptors (Lipinski definition) is 2. The molecule has 0 aliphatic heterocycles. The summed E-state index contributed by atoms with van der Waals surface area (Å²) in [7, 11) is 4.06. The fourth-order valence-electron chi connectivity index (χ4n) is 3.16. The highest BCUT2D eigenvalue weighted by Crippen LogP contribution is 2.40. The van der Waals surface area contributed by atoms with E-state index in [4.69, 9.17) is 0 Å². The van der Waals surface area contributed by atoms with Crippen LogP contribution < -0.4 is 0 Å². The zero-order chi connectivity index (χ0) is 13.9. The topological polar surface area (TPSA) is 43.4 Å². The molecule has 2 rings (SSSR count). The van der Waals surface area contributed by atoms with Crippen molar-refractivity contribution >= 4 is 0 Å². The van der Waals surface area contributed by atoms with E-state index in [1.54, 1.807) is 12.1 Å². The fraction of sp³-hybridized carbons (Fsp3) is 0.625. The lowest BCUT2D eigenvalue weighted by Gasteiger charge is -2.40. The number of aliphatic hydroxyl groups is 1. The first kappa shape index (κ1) is 14.4. The molecule has 3 heteroatoms. The molecule has 1 radical (unpaired) electrons. The van der Waals surface area contributed by atoms with Gasteiger partial charge in [0.1, 0.15) is 0 Å². The lowest BCUT2D eigenvalue weighted by molar-refractivity contribution is -0.0277. The van der Waals surface area contributed by atoms with Crippen LogP contribution in [-0.2, 0) is 5.11 Å². The first-order chi connectivity index (χ1) is 9.01. The molecular formula is C16H24NO2. The molecule has 1 fully saturated rings.